The van der Waals surface area contributed by atoms with Gasteiger partial charge in [-0.1, -0.05) is 6.58 Å². The first-order chi connectivity index (χ1) is 13.7. The number of anilines is 1. The van der Waals surface area contributed by atoms with E-state index in [0.29, 0.717) is 23.4 Å². The number of carbonyl (C=O) groups excluding carboxylic acids is 1. The summed E-state index contributed by atoms with van der Waals surface area (Å²) >= 11 is 0. The highest BCUT2D eigenvalue weighted by Crippen LogP contribution is 2.36. The fourth-order valence-electron chi connectivity index (χ4n) is 2.77. The molecule has 0 fully saturated rings. The summed E-state index contributed by atoms with van der Waals surface area (Å²) in [6.45, 7) is 5.83. The fraction of sp³-hybridized carbons (Fsp3) is 0.211. The first kappa shape index (κ1) is 20.2. The lowest BCUT2D eigenvalue weighted by Crippen LogP contribution is -2.17. The van der Waals surface area contributed by atoms with Crippen molar-refractivity contribution >= 4 is 23.2 Å². The highest BCUT2D eigenvalue weighted by Gasteiger charge is 2.38. The number of ether oxygens (including phenoxy) is 1. The number of hydrogen-bond donors (Lipinski definition) is 2. The summed E-state index contributed by atoms with van der Waals surface area (Å²) in [5.41, 5.74) is 0.801. The summed E-state index contributed by atoms with van der Waals surface area (Å²) in [5, 5.41) is 8.96. The zero-order chi connectivity index (χ0) is 21.2. The quantitative estimate of drug-likeness (QED) is 0.803. The molecule has 0 aliphatic carbocycles. The van der Waals surface area contributed by atoms with Crippen molar-refractivity contribution in [2.75, 3.05) is 12.4 Å². The normalized spacial score (nSPS) is 14.0. The van der Waals surface area contributed by atoms with E-state index in [-0.39, 0.29) is 17.1 Å². The minimum Gasteiger partial charge on any atom is -0.453 e. The molecule has 3 heterocycles. The molecular formula is C19H18F3N5O2. The molecular weight excluding hydrogens is 387 g/mol. The number of nitrogens with one attached hydrogen (secondary N) is 2. The molecule has 3 rings (SSSR count). The lowest BCUT2D eigenvalue weighted by molar-refractivity contribution is -0.141. The number of carbonyl (C=O) groups is 1. The van der Waals surface area contributed by atoms with Gasteiger partial charge in [-0.25, -0.2) is 9.78 Å². The van der Waals surface area contributed by atoms with Crippen LogP contribution in [0.5, 0.6) is 0 Å². The van der Waals surface area contributed by atoms with E-state index in [4.69, 9.17) is 0 Å². The lowest BCUT2D eigenvalue weighted by Gasteiger charge is -2.19. The van der Waals surface area contributed by atoms with E-state index in [1.165, 1.54) is 24.2 Å². The summed E-state index contributed by atoms with van der Waals surface area (Å²) in [7, 11) is 1.22. The van der Waals surface area contributed by atoms with E-state index in [0.717, 1.165) is 0 Å². The molecule has 0 saturated heterocycles. The molecule has 152 valence electrons. The number of alkyl halides is 3. The number of rotatable bonds is 4. The van der Waals surface area contributed by atoms with Gasteiger partial charge in [0.25, 0.3) is 0 Å². The van der Waals surface area contributed by atoms with Crippen LogP contribution in [0.3, 0.4) is 0 Å². The topological polar surface area (TPSA) is 81.1 Å². The van der Waals surface area contributed by atoms with Crippen molar-refractivity contribution in [3.63, 3.8) is 0 Å². The third-order valence-corrected chi connectivity index (χ3v) is 4.08. The van der Waals surface area contributed by atoms with E-state index < -0.39 is 18.0 Å². The molecule has 1 amide bonds. The Hall–Kier alpha value is -3.56. The lowest BCUT2D eigenvalue weighted by atomic mass is 9.99. The van der Waals surface area contributed by atoms with E-state index in [1.807, 2.05) is 0 Å². The predicted molar refractivity (Wildman–Crippen MR) is 101 cm³/mol. The number of allylic oxidation sites excluding steroid dienone is 3. The van der Waals surface area contributed by atoms with Gasteiger partial charge >= 0.3 is 12.3 Å². The van der Waals surface area contributed by atoms with E-state index in [2.05, 4.69) is 32.0 Å². The predicted octanol–water partition coefficient (Wildman–Crippen LogP) is 4.04. The number of hydrogen-bond acceptors (Lipinski definition) is 5. The highest BCUT2D eigenvalue weighted by molar-refractivity contribution is 5.89. The fourth-order valence-corrected chi connectivity index (χ4v) is 2.77. The number of pyridine rings is 1. The summed E-state index contributed by atoms with van der Waals surface area (Å²) in [4.78, 5) is 15.4. The molecule has 2 N–H and O–H groups in total. The molecule has 0 radical (unpaired) electrons. The SMILES string of the molecule is C=C1C=C(c2ccnc(NC(=O)OC)c2)C=C(c2cn(CC)nc2C(F)(F)F)N1. The number of aromatic nitrogens is 3. The van der Waals surface area contributed by atoms with Crippen molar-refractivity contribution in [2.24, 2.45) is 0 Å². The van der Waals surface area contributed by atoms with Crippen molar-refractivity contribution in [1.29, 1.82) is 0 Å². The van der Waals surface area contributed by atoms with Gasteiger partial charge in [-0.3, -0.25) is 10.00 Å². The van der Waals surface area contributed by atoms with Crippen molar-refractivity contribution < 1.29 is 22.7 Å². The highest BCUT2D eigenvalue weighted by atomic mass is 19.4. The van der Waals surface area contributed by atoms with Crippen LogP contribution in [-0.2, 0) is 17.5 Å². The minimum atomic E-state index is -4.60. The Balaban J connectivity index is 2.02. The molecule has 0 spiro atoms. The van der Waals surface area contributed by atoms with Crippen LogP contribution in [0.4, 0.5) is 23.8 Å². The van der Waals surface area contributed by atoms with Crippen LogP contribution in [0.2, 0.25) is 0 Å². The molecule has 1 aliphatic rings. The number of halogens is 3. The monoisotopic (exact) mass is 405 g/mol. The zero-order valence-electron chi connectivity index (χ0n) is 15.7. The summed E-state index contributed by atoms with van der Waals surface area (Å²) in [6.07, 6.45) is 0.771. The Bertz CT molecular complexity index is 1020. The maximum Gasteiger partial charge on any atom is 0.435 e. The molecule has 1 aliphatic heterocycles. The molecule has 2 aromatic heterocycles. The van der Waals surface area contributed by atoms with Crippen LogP contribution in [0, 0.1) is 0 Å². The van der Waals surface area contributed by atoms with Crippen molar-refractivity contribution in [3.05, 3.63) is 65.8 Å². The molecule has 0 saturated carbocycles. The van der Waals surface area contributed by atoms with E-state index >= 15 is 0 Å². The van der Waals surface area contributed by atoms with Crippen molar-refractivity contribution in [2.45, 2.75) is 19.6 Å². The average Bonchev–Trinajstić information content (AvgIpc) is 3.13. The van der Waals surface area contributed by atoms with Gasteiger partial charge < -0.3 is 10.1 Å². The Labute approximate surface area is 164 Å². The third kappa shape index (κ3) is 4.48. The van der Waals surface area contributed by atoms with Crippen molar-refractivity contribution in [1.82, 2.24) is 20.1 Å². The van der Waals surface area contributed by atoms with Gasteiger partial charge in [-0.2, -0.15) is 18.3 Å². The largest absolute Gasteiger partial charge is 0.453 e. The first-order valence-corrected chi connectivity index (χ1v) is 8.57. The Morgan fingerprint density at radius 1 is 1.38 bits per heavy atom. The molecule has 29 heavy (non-hydrogen) atoms. The second-order valence-electron chi connectivity index (χ2n) is 6.10. The Morgan fingerprint density at radius 2 is 2.14 bits per heavy atom. The number of methoxy groups -OCH3 is 1. The molecule has 0 bridgehead atoms. The average molecular weight is 405 g/mol. The summed E-state index contributed by atoms with van der Waals surface area (Å²) < 4.78 is 46.1. The zero-order valence-corrected chi connectivity index (χ0v) is 15.7. The molecule has 0 atom stereocenters. The van der Waals surface area contributed by atoms with Crippen LogP contribution in [0.25, 0.3) is 11.3 Å². The van der Waals surface area contributed by atoms with Gasteiger partial charge in [0, 0.05) is 30.2 Å². The number of aryl methyl sites for hydroxylation is 1. The third-order valence-electron chi connectivity index (χ3n) is 4.08. The Kier molecular flexibility index (Phi) is 5.44. The van der Waals surface area contributed by atoms with Crippen LogP contribution in [0.15, 0.2) is 49.0 Å². The van der Waals surface area contributed by atoms with Gasteiger partial charge in [0.1, 0.15) is 5.82 Å². The minimum absolute atomic E-state index is 0.0759. The molecule has 2 aromatic rings. The van der Waals surface area contributed by atoms with Crippen LogP contribution in [0.1, 0.15) is 23.7 Å². The maximum absolute atomic E-state index is 13.5. The summed E-state index contributed by atoms with van der Waals surface area (Å²) in [5.74, 6) is 0.240. The Morgan fingerprint density at radius 3 is 2.79 bits per heavy atom. The standard InChI is InChI=1S/C19H18F3N5O2/c1-4-27-10-14(17(26-27)19(20,21)22)15-8-13(7-11(2)24-15)12-5-6-23-16(9-12)25-18(28)29-3/h5-10,24H,2,4H2,1,3H3,(H,23,25,28). The maximum atomic E-state index is 13.5. The van der Waals surface area contributed by atoms with Crippen LogP contribution >= 0.6 is 0 Å². The number of dihydropyridines is 1. The first-order valence-electron chi connectivity index (χ1n) is 8.57. The van der Waals surface area contributed by atoms with E-state index in [1.54, 1.807) is 31.2 Å². The van der Waals surface area contributed by atoms with Gasteiger partial charge in [0.2, 0.25) is 0 Å². The smallest absolute Gasteiger partial charge is 0.435 e. The van der Waals surface area contributed by atoms with Gasteiger partial charge in [0.05, 0.1) is 12.8 Å². The number of nitrogens with zero attached hydrogens (tertiary/aromatic N) is 3. The molecule has 7 nitrogen and oxygen atoms in total. The van der Waals surface area contributed by atoms with E-state index in [9.17, 15) is 18.0 Å². The molecule has 10 heteroatoms. The van der Waals surface area contributed by atoms with Crippen LogP contribution < -0.4 is 10.6 Å². The van der Waals surface area contributed by atoms with Crippen molar-refractivity contribution in [3.8, 4) is 0 Å². The van der Waals surface area contributed by atoms with Gasteiger partial charge in [-0.15, -0.1) is 0 Å². The van der Waals surface area contributed by atoms with Gasteiger partial charge in [0.15, 0.2) is 5.69 Å². The van der Waals surface area contributed by atoms with Crippen LogP contribution in [-0.4, -0.2) is 28.0 Å². The molecule has 0 aromatic carbocycles. The molecule has 0 unspecified atom stereocenters. The number of amides is 1. The van der Waals surface area contributed by atoms with Gasteiger partial charge in [-0.05, 0) is 42.3 Å². The second-order valence-corrected chi connectivity index (χ2v) is 6.10. The second kappa shape index (κ2) is 7.82. The summed E-state index contributed by atoms with van der Waals surface area (Å²) in [6, 6.07) is 3.25.